The lowest BCUT2D eigenvalue weighted by atomic mass is 10.0. The summed E-state index contributed by atoms with van der Waals surface area (Å²) in [5.41, 5.74) is -1.02. The number of nitrogens with one attached hydrogen (secondary N) is 1. The van der Waals surface area contributed by atoms with E-state index < -0.39 is 15.3 Å². The van der Waals surface area contributed by atoms with Gasteiger partial charge in [0.1, 0.15) is 5.41 Å². The standard InChI is InChI=1S/C15H23N3O5S/c1-11(19)17-5-7-18(8-6-17)14(21)15(3-4-15)13(20)16-12-2-9-24(22,23)10-12/h12H,2-10H2,1H3,(H,16,20). The summed E-state index contributed by atoms with van der Waals surface area (Å²) in [5, 5.41) is 2.75. The molecule has 8 nitrogen and oxygen atoms in total. The predicted molar refractivity (Wildman–Crippen MR) is 85.7 cm³/mol. The molecular formula is C15H23N3O5S. The van der Waals surface area contributed by atoms with Gasteiger partial charge in [-0.05, 0) is 19.3 Å². The van der Waals surface area contributed by atoms with Gasteiger partial charge < -0.3 is 15.1 Å². The van der Waals surface area contributed by atoms with Gasteiger partial charge in [-0.3, -0.25) is 14.4 Å². The highest BCUT2D eigenvalue weighted by atomic mass is 32.2. The molecule has 0 radical (unpaired) electrons. The summed E-state index contributed by atoms with van der Waals surface area (Å²) < 4.78 is 23.0. The molecule has 3 fully saturated rings. The Morgan fingerprint density at radius 1 is 1.04 bits per heavy atom. The molecule has 0 aromatic heterocycles. The van der Waals surface area contributed by atoms with Gasteiger partial charge in [-0.2, -0.15) is 0 Å². The van der Waals surface area contributed by atoms with Gasteiger partial charge in [0.2, 0.25) is 17.7 Å². The van der Waals surface area contributed by atoms with E-state index in [0.29, 0.717) is 45.4 Å². The zero-order valence-corrected chi connectivity index (χ0v) is 14.6. The van der Waals surface area contributed by atoms with Crippen LogP contribution < -0.4 is 5.32 Å². The maximum absolute atomic E-state index is 12.7. The summed E-state index contributed by atoms with van der Waals surface area (Å²) >= 11 is 0. The molecule has 0 spiro atoms. The number of nitrogens with zero attached hydrogens (tertiary/aromatic N) is 2. The van der Waals surface area contributed by atoms with E-state index in [1.54, 1.807) is 9.80 Å². The highest BCUT2D eigenvalue weighted by Gasteiger charge is 2.58. The fourth-order valence-corrected chi connectivity index (χ4v) is 5.10. The number of rotatable bonds is 3. The van der Waals surface area contributed by atoms with Crippen LogP contribution in [0.4, 0.5) is 0 Å². The van der Waals surface area contributed by atoms with E-state index in [1.807, 2.05) is 0 Å². The second kappa shape index (κ2) is 6.02. The normalized spacial score (nSPS) is 27.6. The fourth-order valence-electron chi connectivity index (χ4n) is 3.42. The Balaban J connectivity index is 1.58. The van der Waals surface area contributed by atoms with E-state index in [0.717, 1.165) is 0 Å². The van der Waals surface area contributed by atoms with Crippen LogP contribution in [0.15, 0.2) is 0 Å². The minimum Gasteiger partial charge on any atom is -0.351 e. The molecule has 1 unspecified atom stereocenters. The Hall–Kier alpha value is -1.64. The smallest absolute Gasteiger partial charge is 0.238 e. The van der Waals surface area contributed by atoms with E-state index >= 15 is 0 Å². The third kappa shape index (κ3) is 3.26. The van der Waals surface area contributed by atoms with Crippen molar-refractivity contribution in [3.63, 3.8) is 0 Å². The van der Waals surface area contributed by atoms with Crippen molar-refractivity contribution in [2.45, 2.75) is 32.2 Å². The van der Waals surface area contributed by atoms with Gasteiger partial charge in [0.15, 0.2) is 9.84 Å². The van der Waals surface area contributed by atoms with Crippen LogP contribution in [0.1, 0.15) is 26.2 Å². The summed E-state index contributed by atoms with van der Waals surface area (Å²) in [4.78, 5) is 40.0. The van der Waals surface area contributed by atoms with Crippen LogP contribution in [-0.2, 0) is 24.2 Å². The topological polar surface area (TPSA) is 104 Å². The van der Waals surface area contributed by atoms with Gasteiger partial charge in [0.05, 0.1) is 11.5 Å². The Morgan fingerprint density at radius 2 is 1.62 bits per heavy atom. The second-order valence-corrected chi connectivity index (χ2v) is 9.18. The fraction of sp³-hybridized carbons (Fsp3) is 0.800. The molecule has 2 aliphatic heterocycles. The summed E-state index contributed by atoms with van der Waals surface area (Å²) in [5.74, 6) is -0.497. The van der Waals surface area contributed by atoms with Crippen LogP contribution in [0, 0.1) is 5.41 Å². The average molecular weight is 357 g/mol. The van der Waals surface area contributed by atoms with Crippen molar-refractivity contribution in [1.82, 2.24) is 15.1 Å². The van der Waals surface area contributed by atoms with Crippen molar-refractivity contribution < 1.29 is 22.8 Å². The number of sulfone groups is 1. The van der Waals surface area contributed by atoms with E-state index in [2.05, 4.69) is 5.32 Å². The number of carbonyl (C=O) groups excluding carboxylic acids is 3. The molecule has 1 atom stereocenters. The number of carbonyl (C=O) groups is 3. The SMILES string of the molecule is CC(=O)N1CCN(C(=O)C2(C(=O)NC3CCS(=O)(=O)C3)CC2)CC1. The van der Waals surface area contributed by atoms with Crippen LogP contribution in [0.3, 0.4) is 0 Å². The van der Waals surface area contributed by atoms with Crippen LogP contribution in [0.2, 0.25) is 0 Å². The van der Waals surface area contributed by atoms with Crippen LogP contribution in [0.5, 0.6) is 0 Å². The number of piperazine rings is 1. The summed E-state index contributed by atoms with van der Waals surface area (Å²) in [7, 11) is -3.07. The van der Waals surface area contributed by atoms with Crippen molar-refractivity contribution in [2.24, 2.45) is 5.41 Å². The molecule has 1 aliphatic carbocycles. The third-order valence-electron chi connectivity index (χ3n) is 5.17. The number of hydrogen-bond acceptors (Lipinski definition) is 5. The van der Waals surface area contributed by atoms with E-state index in [-0.39, 0.29) is 35.3 Å². The number of hydrogen-bond donors (Lipinski definition) is 1. The Labute approximate surface area is 141 Å². The van der Waals surface area contributed by atoms with Crippen molar-refractivity contribution in [1.29, 1.82) is 0 Å². The summed E-state index contributed by atoms with van der Waals surface area (Å²) in [6.07, 6.45) is 1.42. The zero-order valence-electron chi connectivity index (χ0n) is 13.8. The van der Waals surface area contributed by atoms with E-state index in [4.69, 9.17) is 0 Å². The quantitative estimate of drug-likeness (QED) is 0.637. The van der Waals surface area contributed by atoms with Gasteiger partial charge in [0, 0.05) is 39.1 Å². The highest BCUT2D eigenvalue weighted by molar-refractivity contribution is 7.91. The summed E-state index contributed by atoms with van der Waals surface area (Å²) in [6, 6.07) is -0.387. The molecular weight excluding hydrogens is 334 g/mol. The average Bonchev–Trinajstić information content (AvgIpc) is 3.27. The van der Waals surface area contributed by atoms with Crippen molar-refractivity contribution in [3.05, 3.63) is 0 Å². The van der Waals surface area contributed by atoms with E-state index in [1.165, 1.54) is 6.92 Å². The zero-order chi connectivity index (χ0) is 17.5. The molecule has 2 heterocycles. The molecule has 24 heavy (non-hydrogen) atoms. The second-order valence-electron chi connectivity index (χ2n) is 6.95. The first-order valence-electron chi connectivity index (χ1n) is 8.30. The monoisotopic (exact) mass is 357 g/mol. The third-order valence-corrected chi connectivity index (χ3v) is 6.94. The number of amides is 3. The van der Waals surface area contributed by atoms with Gasteiger partial charge in [0.25, 0.3) is 0 Å². The molecule has 0 aromatic rings. The lowest BCUT2D eigenvalue weighted by Crippen LogP contribution is -2.54. The first kappa shape index (κ1) is 17.2. The van der Waals surface area contributed by atoms with Crippen molar-refractivity contribution >= 4 is 27.6 Å². The molecule has 3 rings (SSSR count). The maximum Gasteiger partial charge on any atom is 0.238 e. The largest absolute Gasteiger partial charge is 0.351 e. The Bertz CT molecular complexity index is 663. The first-order chi connectivity index (χ1) is 11.2. The lowest BCUT2D eigenvalue weighted by Gasteiger charge is -2.36. The maximum atomic E-state index is 12.7. The van der Waals surface area contributed by atoms with Gasteiger partial charge in [-0.1, -0.05) is 0 Å². The van der Waals surface area contributed by atoms with Gasteiger partial charge in [-0.15, -0.1) is 0 Å². The lowest BCUT2D eigenvalue weighted by molar-refractivity contribution is -0.147. The molecule has 1 saturated carbocycles. The van der Waals surface area contributed by atoms with Gasteiger partial charge in [-0.25, -0.2) is 8.42 Å². The van der Waals surface area contributed by atoms with Crippen molar-refractivity contribution in [2.75, 3.05) is 37.7 Å². The molecule has 3 amide bonds. The Kier molecular flexibility index (Phi) is 4.31. The van der Waals surface area contributed by atoms with Crippen LogP contribution >= 0.6 is 0 Å². The van der Waals surface area contributed by atoms with Gasteiger partial charge >= 0.3 is 0 Å². The molecule has 134 valence electrons. The first-order valence-corrected chi connectivity index (χ1v) is 10.1. The molecule has 9 heteroatoms. The highest BCUT2D eigenvalue weighted by Crippen LogP contribution is 2.47. The Morgan fingerprint density at radius 3 is 2.08 bits per heavy atom. The molecule has 2 saturated heterocycles. The molecule has 0 aromatic carbocycles. The molecule has 0 bridgehead atoms. The molecule has 3 aliphatic rings. The van der Waals surface area contributed by atoms with E-state index in [9.17, 15) is 22.8 Å². The molecule has 1 N–H and O–H groups in total. The minimum atomic E-state index is -3.07. The van der Waals surface area contributed by atoms with Crippen molar-refractivity contribution in [3.8, 4) is 0 Å². The minimum absolute atomic E-state index is 0.0107. The van der Waals surface area contributed by atoms with Crippen LogP contribution in [-0.4, -0.2) is 79.7 Å². The van der Waals surface area contributed by atoms with Crippen LogP contribution in [0.25, 0.3) is 0 Å². The predicted octanol–water partition coefficient (Wildman–Crippen LogP) is -1.24. The summed E-state index contributed by atoms with van der Waals surface area (Å²) in [6.45, 7) is 3.35.